The van der Waals surface area contributed by atoms with Gasteiger partial charge in [0.2, 0.25) is 0 Å². The molecule has 0 spiro atoms. The van der Waals surface area contributed by atoms with Crippen molar-refractivity contribution in [2.75, 3.05) is 0 Å². The third kappa shape index (κ3) is 5.41. The molecule has 233 valence electrons. The fourth-order valence-corrected chi connectivity index (χ4v) is 38.0. The number of hydrogen-bond donors (Lipinski definition) is 0. The molecule has 2 unspecified atom stereocenters. The quantitative estimate of drug-likeness (QED) is 0.164. The van der Waals surface area contributed by atoms with Gasteiger partial charge in [0.25, 0.3) is 0 Å². The first-order valence-corrected chi connectivity index (χ1v) is 41.1. The first-order chi connectivity index (χ1) is 21.0. The molecule has 2 aliphatic carbocycles. The van der Waals surface area contributed by atoms with E-state index < -0.39 is 32.7 Å². The van der Waals surface area contributed by atoms with Crippen molar-refractivity contribution in [2.45, 2.75) is 74.0 Å². The average molecular weight is 793 g/mol. The predicted molar refractivity (Wildman–Crippen MR) is 207 cm³/mol. The molecule has 4 aromatic rings. The first kappa shape index (κ1) is 32.5. The third-order valence-corrected chi connectivity index (χ3v) is 45.5. The first-order valence-electron chi connectivity index (χ1n) is 17.1. The summed E-state index contributed by atoms with van der Waals surface area (Å²) >= 11 is -4.46. The van der Waals surface area contributed by atoms with Crippen LogP contribution >= 0.6 is 0 Å². The Morgan fingerprint density at radius 1 is 0.556 bits per heavy atom. The Balaban J connectivity index is 1.46. The standard InChI is InChI=1S/2C18H19Si.C3H6.3CH3.Hf/c2*1-19(2,3)16-12-10-15(11-13-16)18-9-5-7-14-6-4-8-17(14)18;1-3-2;;;;/h2*4-13H,1-3H3;1H,3H2,2H3;3*1H3;. The van der Waals surface area contributed by atoms with Crippen LogP contribution < -0.4 is 10.4 Å². The van der Waals surface area contributed by atoms with Crippen LogP contribution in [0.3, 0.4) is 0 Å². The summed E-state index contributed by atoms with van der Waals surface area (Å²) in [6.45, 7) is 16.9. The maximum atomic E-state index is 2.84. The molecule has 0 fully saturated rings. The normalized spacial score (nSPS) is 19.2. The molecule has 0 aromatic heterocycles. The summed E-state index contributed by atoms with van der Waals surface area (Å²) in [6, 6.07) is 33.1. The van der Waals surface area contributed by atoms with Crippen LogP contribution in [0.4, 0.5) is 0 Å². The Labute approximate surface area is 272 Å². The van der Waals surface area contributed by atoms with E-state index in [-0.39, 0.29) is 0 Å². The molecular weight excluding hydrogens is 739 g/mol. The molecule has 0 N–H and O–H groups in total. The number of benzene rings is 4. The zero-order chi connectivity index (χ0) is 32.5. The Bertz CT molecular complexity index is 1800. The monoisotopic (exact) mass is 793 g/mol. The van der Waals surface area contributed by atoms with Crippen LogP contribution in [0.5, 0.6) is 0 Å². The molecule has 0 saturated carbocycles. The van der Waals surface area contributed by atoms with E-state index in [0.717, 1.165) is 6.42 Å². The maximum absolute atomic E-state index is 4.46. The molecule has 0 saturated heterocycles. The second-order valence-electron chi connectivity index (χ2n) is 18.2. The minimum absolute atomic E-state index is 0.427. The van der Waals surface area contributed by atoms with Crippen LogP contribution in [0.25, 0.3) is 34.4 Å². The topological polar surface area (TPSA) is 0 Å². The van der Waals surface area contributed by atoms with Gasteiger partial charge in [0.05, 0.1) is 0 Å². The molecule has 0 amide bonds. The van der Waals surface area contributed by atoms with Crippen LogP contribution in [0.1, 0.15) is 42.9 Å². The summed E-state index contributed by atoms with van der Waals surface area (Å²) < 4.78 is 11.9. The van der Waals surface area contributed by atoms with Gasteiger partial charge in [0, 0.05) is 0 Å². The van der Waals surface area contributed by atoms with Crippen LogP contribution in [-0.4, -0.2) is 19.9 Å². The summed E-state index contributed by atoms with van der Waals surface area (Å²) in [4.78, 5) is 0. The molecule has 2 atom stereocenters. The second-order valence-corrected chi connectivity index (χ2v) is 67.3. The van der Waals surface area contributed by atoms with Crippen molar-refractivity contribution in [2.24, 2.45) is 0 Å². The molecule has 45 heavy (non-hydrogen) atoms. The van der Waals surface area contributed by atoms with Crippen LogP contribution in [0.15, 0.2) is 97.1 Å². The van der Waals surface area contributed by atoms with Crippen molar-refractivity contribution >= 4 is 42.4 Å². The summed E-state index contributed by atoms with van der Waals surface area (Å²) in [5.74, 6) is 0. The van der Waals surface area contributed by atoms with Crippen LogP contribution in [-0.2, 0) is 16.5 Å². The van der Waals surface area contributed by atoms with E-state index in [1.807, 2.05) is 0 Å². The summed E-state index contributed by atoms with van der Waals surface area (Å²) in [7, 11) is -2.68. The summed E-state index contributed by atoms with van der Waals surface area (Å²) in [5.41, 5.74) is 11.3. The van der Waals surface area contributed by atoms with Gasteiger partial charge in [-0.3, -0.25) is 0 Å². The van der Waals surface area contributed by atoms with Gasteiger partial charge in [-0.15, -0.1) is 0 Å². The van der Waals surface area contributed by atoms with Crippen molar-refractivity contribution in [3.63, 3.8) is 0 Å². The Kier molecular flexibility index (Phi) is 7.59. The van der Waals surface area contributed by atoms with Crippen LogP contribution in [0, 0.1) is 0 Å². The van der Waals surface area contributed by atoms with E-state index in [1.54, 1.807) is 0 Å². The predicted octanol–water partition coefficient (Wildman–Crippen LogP) is 11.5. The van der Waals surface area contributed by atoms with E-state index in [4.69, 9.17) is 0 Å². The van der Waals surface area contributed by atoms with Crippen molar-refractivity contribution < 1.29 is 16.5 Å². The number of hydrogen-bond acceptors (Lipinski definition) is 0. The molecule has 6 rings (SSSR count). The van der Waals surface area contributed by atoms with E-state index in [9.17, 15) is 0 Å². The van der Waals surface area contributed by atoms with Crippen molar-refractivity contribution in [1.82, 2.24) is 0 Å². The van der Waals surface area contributed by atoms with Gasteiger partial charge in [0.15, 0.2) is 0 Å². The van der Waals surface area contributed by atoms with E-state index >= 15 is 0 Å². The van der Waals surface area contributed by atoms with Gasteiger partial charge >= 0.3 is 275 Å². The summed E-state index contributed by atoms with van der Waals surface area (Å²) in [6.07, 6.45) is 11.2. The molecule has 0 nitrogen and oxygen atoms in total. The Hall–Kier alpha value is -2.47. The second kappa shape index (κ2) is 10.5. The zero-order valence-electron chi connectivity index (χ0n) is 29.3. The number of rotatable bonds is 7. The number of allylic oxidation sites excluding steroid dienone is 2. The Morgan fingerprint density at radius 3 is 1.27 bits per heavy atom. The van der Waals surface area contributed by atoms with Gasteiger partial charge in [-0.2, -0.15) is 0 Å². The van der Waals surface area contributed by atoms with Crippen molar-refractivity contribution in [1.29, 1.82) is 0 Å². The van der Waals surface area contributed by atoms with Crippen LogP contribution in [0.2, 0.25) is 53.3 Å². The van der Waals surface area contributed by atoms with Gasteiger partial charge in [-0.05, 0) is 0 Å². The van der Waals surface area contributed by atoms with Crippen molar-refractivity contribution in [3.05, 3.63) is 119 Å². The fourth-order valence-electron chi connectivity index (χ4n) is 8.86. The molecule has 0 radical (unpaired) electrons. The molecular formula is C42H53HfSi2. The van der Waals surface area contributed by atoms with Crippen molar-refractivity contribution in [3.8, 4) is 22.3 Å². The third-order valence-electron chi connectivity index (χ3n) is 11.6. The van der Waals surface area contributed by atoms with Gasteiger partial charge in [-0.25, -0.2) is 0 Å². The number of fused-ring (bicyclic) bond motifs is 2. The molecule has 3 heteroatoms. The van der Waals surface area contributed by atoms with E-state index in [2.05, 4.69) is 173 Å². The molecule has 4 aromatic carbocycles. The molecule has 0 aliphatic heterocycles. The molecule has 0 bridgehead atoms. The van der Waals surface area contributed by atoms with Gasteiger partial charge in [-0.1, -0.05) is 0 Å². The molecule has 2 aliphatic rings. The van der Waals surface area contributed by atoms with Gasteiger partial charge < -0.3 is 0 Å². The van der Waals surface area contributed by atoms with Gasteiger partial charge in [0.1, 0.15) is 0 Å². The SMILES string of the molecule is CC[CH]=[Hf]([CH3])([CH3])([CH3])([CH]1C=Cc2c(-c3ccc([Si](C)(C)C)cc3)cccc21)[CH]1C=Cc2c(-c3ccc([Si](C)(C)C)cc3)cccc21. The summed E-state index contributed by atoms with van der Waals surface area (Å²) in [5, 5.41) is 3.04. The molecule has 0 heterocycles. The minimum atomic E-state index is -4.46. The van der Waals surface area contributed by atoms with E-state index in [1.165, 1.54) is 54.9 Å². The zero-order valence-corrected chi connectivity index (χ0v) is 34.9. The Morgan fingerprint density at radius 2 is 0.933 bits per heavy atom. The van der Waals surface area contributed by atoms with E-state index in [0.29, 0.717) is 7.35 Å². The fraction of sp³-hybridized carbons (Fsp3) is 0.310. The average Bonchev–Trinajstić information content (AvgIpc) is 3.63.